The third-order valence-electron chi connectivity index (χ3n) is 3.24. The van der Waals surface area contributed by atoms with Crippen molar-refractivity contribution in [3.63, 3.8) is 0 Å². The molecular weight excluding hydrogens is 236 g/mol. The van der Waals surface area contributed by atoms with Gasteiger partial charge in [-0.3, -0.25) is 4.79 Å². The van der Waals surface area contributed by atoms with E-state index in [9.17, 15) is 4.79 Å². The molecule has 3 nitrogen and oxygen atoms in total. The predicted molar refractivity (Wildman–Crippen MR) is 81.7 cm³/mol. The van der Waals surface area contributed by atoms with Gasteiger partial charge in [0.25, 0.3) is 0 Å². The van der Waals surface area contributed by atoms with E-state index in [1.165, 1.54) is 5.56 Å². The largest absolute Gasteiger partial charge is 0.313 e. The molecule has 0 fully saturated rings. The van der Waals surface area contributed by atoms with Crippen molar-refractivity contribution in [1.29, 1.82) is 0 Å². The Morgan fingerprint density at radius 2 is 1.68 bits per heavy atom. The molecule has 3 heteroatoms. The Morgan fingerprint density at radius 1 is 1.11 bits per heavy atom. The van der Waals surface area contributed by atoms with Gasteiger partial charge in [0.1, 0.15) is 0 Å². The van der Waals surface area contributed by atoms with E-state index >= 15 is 0 Å². The summed E-state index contributed by atoms with van der Waals surface area (Å²) in [6, 6.07) is 8.32. The fourth-order valence-corrected chi connectivity index (χ4v) is 2.05. The third kappa shape index (κ3) is 5.03. The van der Waals surface area contributed by atoms with Crippen molar-refractivity contribution in [3.8, 4) is 0 Å². The highest BCUT2D eigenvalue weighted by Gasteiger charge is 2.11. The van der Waals surface area contributed by atoms with E-state index in [1.807, 2.05) is 17.0 Å². The minimum absolute atomic E-state index is 0.107. The fraction of sp³-hybridized carbons (Fsp3) is 0.562. The van der Waals surface area contributed by atoms with Crippen LogP contribution in [0.15, 0.2) is 24.3 Å². The van der Waals surface area contributed by atoms with Crippen LogP contribution in [0.1, 0.15) is 38.7 Å². The molecule has 1 aromatic carbocycles. The number of benzene rings is 1. The highest BCUT2D eigenvalue weighted by Crippen LogP contribution is 2.20. The van der Waals surface area contributed by atoms with Crippen LogP contribution in [0.5, 0.6) is 0 Å². The normalized spacial score (nSPS) is 11.1. The molecule has 0 aliphatic carbocycles. The summed E-state index contributed by atoms with van der Waals surface area (Å²) < 4.78 is 0. The molecular formula is C16H26N2O. The SMILES string of the molecule is CC(=O)N(CCCN(C)C)c1ccc(C(C)C)cc1. The average molecular weight is 262 g/mol. The maximum Gasteiger partial charge on any atom is 0.223 e. The fourth-order valence-electron chi connectivity index (χ4n) is 2.05. The van der Waals surface area contributed by atoms with Crippen molar-refractivity contribution in [2.24, 2.45) is 0 Å². The number of nitrogens with zero attached hydrogens (tertiary/aromatic N) is 2. The van der Waals surface area contributed by atoms with Crippen LogP contribution >= 0.6 is 0 Å². The van der Waals surface area contributed by atoms with Gasteiger partial charge in [0.15, 0.2) is 0 Å². The molecule has 1 amide bonds. The van der Waals surface area contributed by atoms with Crippen molar-refractivity contribution >= 4 is 11.6 Å². The number of anilines is 1. The first kappa shape index (κ1) is 15.7. The van der Waals surface area contributed by atoms with Crippen molar-refractivity contribution in [2.75, 3.05) is 32.1 Å². The van der Waals surface area contributed by atoms with Crippen LogP contribution in [0.25, 0.3) is 0 Å². The maximum atomic E-state index is 11.8. The monoisotopic (exact) mass is 262 g/mol. The van der Waals surface area contributed by atoms with Gasteiger partial charge in [-0.25, -0.2) is 0 Å². The van der Waals surface area contributed by atoms with Gasteiger partial charge in [-0.05, 0) is 50.7 Å². The Morgan fingerprint density at radius 3 is 2.11 bits per heavy atom. The maximum absolute atomic E-state index is 11.8. The Kier molecular flexibility index (Phi) is 6.03. The second-order valence-electron chi connectivity index (χ2n) is 5.57. The van der Waals surface area contributed by atoms with Gasteiger partial charge < -0.3 is 9.80 Å². The summed E-state index contributed by atoms with van der Waals surface area (Å²) in [4.78, 5) is 15.7. The van der Waals surface area contributed by atoms with Crippen molar-refractivity contribution < 1.29 is 4.79 Å². The molecule has 0 heterocycles. The zero-order chi connectivity index (χ0) is 14.4. The minimum Gasteiger partial charge on any atom is -0.313 e. The second-order valence-corrected chi connectivity index (χ2v) is 5.57. The highest BCUT2D eigenvalue weighted by molar-refractivity contribution is 5.91. The van der Waals surface area contributed by atoms with E-state index in [2.05, 4.69) is 45.0 Å². The van der Waals surface area contributed by atoms with Crippen LogP contribution in [-0.2, 0) is 4.79 Å². The Balaban J connectivity index is 2.73. The molecule has 0 aliphatic rings. The highest BCUT2D eigenvalue weighted by atomic mass is 16.2. The zero-order valence-corrected chi connectivity index (χ0v) is 12.8. The van der Waals surface area contributed by atoms with Crippen LogP contribution in [-0.4, -0.2) is 38.0 Å². The van der Waals surface area contributed by atoms with Crippen molar-refractivity contribution in [1.82, 2.24) is 4.90 Å². The lowest BCUT2D eigenvalue weighted by molar-refractivity contribution is -0.116. The number of rotatable bonds is 6. The van der Waals surface area contributed by atoms with E-state index in [4.69, 9.17) is 0 Å². The van der Waals surface area contributed by atoms with Gasteiger partial charge in [0.05, 0.1) is 0 Å². The van der Waals surface area contributed by atoms with Crippen molar-refractivity contribution in [3.05, 3.63) is 29.8 Å². The van der Waals surface area contributed by atoms with Crippen LogP contribution in [0.3, 0.4) is 0 Å². The number of hydrogen-bond donors (Lipinski definition) is 0. The molecule has 1 rings (SSSR count). The number of amides is 1. The van der Waals surface area contributed by atoms with Crippen LogP contribution in [0.2, 0.25) is 0 Å². The zero-order valence-electron chi connectivity index (χ0n) is 12.8. The molecule has 0 radical (unpaired) electrons. The van der Waals surface area contributed by atoms with Gasteiger partial charge in [-0.2, -0.15) is 0 Å². The molecule has 0 saturated carbocycles. The van der Waals surface area contributed by atoms with Crippen LogP contribution < -0.4 is 4.90 Å². The first-order chi connectivity index (χ1) is 8.91. The molecule has 106 valence electrons. The first-order valence-corrected chi connectivity index (χ1v) is 6.94. The molecule has 0 atom stereocenters. The summed E-state index contributed by atoms with van der Waals surface area (Å²) >= 11 is 0. The summed E-state index contributed by atoms with van der Waals surface area (Å²) in [7, 11) is 4.10. The molecule has 19 heavy (non-hydrogen) atoms. The Labute approximate surface area is 117 Å². The lowest BCUT2D eigenvalue weighted by Crippen LogP contribution is -2.31. The predicted octanol–water partition coefficient (Wildman–Crippen LogP) is 3.11. The molecule has 1 aromatic rings. The molecule has 0 N–H and O–H groups in total. The van der Waals surface area contributed by atoms with E-state index in [0.717, 1.165) is 25.2 Å². The van der Waals surface area contributed by atoms with Crippen LogP contribution in [0.4, 0.5) is 5.69 Å². The number of hydrogen-bond acceptors (Lipinski definition) is 2. The minimum atomic E-state index is 0.107. The first-order valence-electron chi connectivity index (χ1n) is 6.94. The standard InChI is InChI=1S/C16H26N2O/c1-13(2)15-7-9-16(10-8-15)18(14(3)19)12-6-11-17(4)5/h7-10,13H,6,11-12H2,1-5H3. The van der Waals surface area contributed by atoms with E-state index in [-0.39, 0.29) is 5.91 Å². The van der Waals surface area contributed by atoms with Gasteiger partial charge in [-0.1, -0.05) is 26.0 Å². The lowest BCUT2D eigenvalue weighted by atomic mass is 10.0. The Hall–Kier alpha value is -1.35. The van der Waals surface area contributed by atoms with Gasteiger partial charge in [0, 0.05) is 19.2 Å². The van der Waals surface area contributed by atoms with Gasteiger partial charge in [-0.15, -0.1) is 0 Å². The lowest BCUT2D eigenvalue weighted by Gasteiger charge is -2.22. The smallest absolute Gasteiger partial charge is 0.223 e. The second kappa shape index (κ2) is 7.29. The van der Waals surface area contributed by atoms with E-state index in [1.54, 1.807) is 6.92 Å². The Bertz CT molecular complexity index is 396. The summed E-state index contributed by atoms with van der Waals surface area (Å²) in [5.74, 6) is 0.629. The summed E-state index contributed by atoms with van der Waals surface area (Å²) in [5, 5.41) is 0. The van der Waals surface area contributed by atoms with Gasteiger partial charge >= 0.3 is 0 Å². The summed E-state index contributed by atoms with van der Waals surface area (Å²) in [6.45, 7) is 7.75. The molecule has 0 unspecified atom stereocenters. The average Bonchev–Trinajstić information content (AvgIpc) is 2.34. The molecule has 0 aliphatic heterocycles. The summed E-state index contributed by atoms with van der Waals surface area (Å²) in [5.41, 5.74) is 2.30. The van der Waals surface area contributed by atoms with Crippen molar-refractivity contribution in [2.45, 2.75) is 33.1 Å². The molecule has 0 bridgehead atoms. The molecule has 0 aromatic heterocycles. The topological polar surface area (TPSA) is 23.6 Å². The quantitative estimate of drug-likeness (QED) is 0.786. The third-order valence-corrected chi connectivity index (χ3v) is 3.24. The molecule has 0 saturated heterocycles. The number of carbonyl (C=O) groups excluding carboxylic acids is 1. The van der Waals surface area contributed by atoms with Crippen LogP contribution in [0, 0.1) is 0 Å². The number of carbonyl (C=O) groups is 1. The molecule has 0 spiro atoms. The van der Waals surface area contributed by atoms with Gasteiger partial charge in [0.2, 0.25) is 5.91 Å². The van der Waals surface area contributed by atoms with E-state index in [0.29, 0.717) is 5.92 Å². The van der Waals surface area contributed by atoms with E-state index < -0.39 is 0 Å². The summed E-state index contributed by atoms with van der Waals surface area (Å²) in [6.07, 6.45) is 0.985.